The number of carboxylic acid groups (broad SMARTS) is 1. The van der Waals surface area contributed by atoms with Crippen LogP contribution in [0.5, 0.6) is 0 Å². The molecule has 0 N–H and O–H groups in total. The van der Waals surface area contributed by atoms with Crippen LogP contribution in [0.3, 0.4) is 0 Å². The number of aliphatic carboxylic acids is 1. The number of hydrogen-bond acceptors (Lipinski definition) is 2. The lowest BCUT2D eigenvalue weighted by Gasteiger charge is -2.24. The van der Waals surface area contributed by atoms with Gasteiger partial charge in [-0.3, -0.25) is 0 Å². The van der Waals surface area contributed by atoms with E-state index in [-0.39, 0.29) is 5.54 Å². The van der Waals surface area contributed by atoms with E-state index in [1.165, 1.54) is 11.1 Å². The fourth-order valence-corrected chi connectivity index (χ4v) is 4.40. The molecule has 1 aromatic carbocycles. The second-order valence-electron chi connectivity index (χ2n) is 8.94. The van der Waals surface area contributed by atoms with Crippen LogP contribution in [-0.4, -0.2) is 21.8 Å². The normalized spacial score (nSPS) is 19.4. The summed E-state index contributed by atoms with van der Waals surface area (Å²) in [5, 5.41) is 12.1. The molecule has 24 heavy (non-hydrogen) atoms. The first-order valence-corrected chi connectivity index (χ1v) is 8.92. The monoisotopic (exact) mass is 329 g/mol. The van der Waals surface area contributed by atoms with Crippen LogP contribution in [0.2, 0.25) is 0 Å². The van der Waals surface area contributed by atoms with Crippen LogP contribution in [0, 0.1) is 5.41 Å². The molecule has 0 radical (unpaired) electrons. The van der Waals surface area contributed by atoms with Crippen molar-refractivity contribution in [1.29, 1.82) is 0 Å². The maximum Gasteiger partial charge on any atom is 0.212 e. The number of carbonyl (C=O) groups excluding carboxylic acids is 1. The lowest BCUT2D eigenvalue weighted by molar-refractivity contribution is -0.518. The summed E-state index contributed by atoms with van der Waals surface area (Å²) in [6.07, 6.45) is 0.785. The molecular formula is C21H31NO2. The van der Waals surface area contributed by atoms with Gasteiger partial charge in [-0.05, 0) is 25.7 Å². The SMILES string of the molecule is CC(C)c1cccc(C(C)C)c1[N+]1=C(C(=O)[O-])C(C)(C)CC1(C)C. The molecule has 0 atom stereocenters. The van der Waals surface area contributed by atoms with Crippen molar-refractivity contribution < 1.29 is 14.5 Å². The summed E-state index contributed by atoms with van der Waals surface area (Å²) in [6, 6.07) is 6.33. The van der Waals surface area contributed by atoms with Gasteiger partial charge in [-0.25, -0.2) is 0 Å². The topological polar surface area (TPSA) is 43.1 Å². The van der Waals surface area contributed by atoms with Gasteiger partial charge in [-0.1, -0.05) is 45.9 Å². The maximum absolute atomic E-state index is 12.1. The number of hydrogen-bond donors (Lipinski definition) is 0. The third-order valence-corrected chi connectivity index (χ3v) is 5.10. The molecular weight excluding hydrogens is 298 g/mol. The predicted molar refractivity (Wildman–Crippen MR) is 97.0 cm³/mol. The first kappa shape index (κ1) is 18.7. The van der Waals surface area contributed by atoms with Gasteiger partial charge in [0.15, 0.2) is 5.54 Å². The highest BCUT2D eigenvalue weighted by atomic mass is 16.4. The van der Waals surface area contributed by atoms with Crippen LogP contribution in [0.15, 0.2) is 18.2 Å². The molecule has 0 saturated heterocycles. The molecule has 0 aliphatic carbocycles. The Kier molecular flexibility index (Phi) is 4.69. The Morgan fingerprint density at radius 3 is 1.88 bits per heavy atom. The fourth-order valence-electron chi connectivity index (χ4n) is 4.40. The molecule has 0 bridgehead atoms. The molecule has 0 spiro atoms. The molecule has 1 aromatic rings. The highest BCUT2D eigenvalue weighted by Crippen LogP contribution is 2.46. The fraction of sp³-hybridized carbons (Fsp3) is 0.619. The largest absolute Gasteiger partial charge is 0.540 e. The summed E-state index contributed by atoms with van der Waals surface area (Å²) in [7, 11) is 0. The molecule has 132 valence electrons. The van der Waals surface area contributed by atoms with E-state index < -0.39 is 11.4 Å². The molecule has 1 aliphatic rings. The molecule has 1 aliphatic heterocycles. The minimum atomic E-state index is -1.06. The average molecular weight is 329 g/mol. The lowest BCUT2D eigenvalue weighted by Crippen LogP contribution is -2.42. The van der Waals surface area contributed by atoms with Crippen LogP contribution in [0.4, 0.5) is 5.69 Å². The Hall–Kier alpha value is -1.64. The van der Waals surface area contributed by atoms with E-state index in [4.69, 9.17) is 0 Å². The number of benzene rings is 1. The Morgan fingerprint density at radius 1 is 1.04 bits per heavy atom. The summed E-state index contributed by atoms with van der Waals surface area (Å²) < 4.78 is 2.06. The van der Waals surface area contributed by atoms with E-state index in [0.29, 0.717) is 17.5 Å². The molecule has 0 aromatic heterocycles. The van der Waals surface area contributed by atoms with Crippen molar-refractivity contribution in [3.05, 3.63) is 29.3 Å². The van der Waals surface area contributed by atoms with Gasteiger partial charge < -0.3 is 9.90 Å². The third-order valence-electron chi connectivity index (χ3n) is 5.10. The van der Waals surface area contributed by atoms with E-state index in [1.54, 1.807) is 0 Å². The smallest absolute Gasteiger partial charge is 0.212 e. The van der Waals surface area contributed by atoms with Gasteiger partial charge >= 0.3 is 0 Å². The van der Waals surface area contributed by atoms with E-state index in [9.17, 15) is 9.90 Å². The van der Waals surface area contributed by atoms with E-state index in [0.717, 1.165) is 12.1 Å². The second-order valence-corrected chi connectivity index (χ2v) is 8.94. The average Bonchev–Trinajstić information content (AvgIpc) is 2.61. The molecule has 0 unspecified atom stereocenters. The molecule has 0 fully saturated rings. The number of carbonyl (C=O) groups is 1. The second kappa shape index (κ2) is 6.02. The van der Waals surface area contributed by atoms with Gasteiger partial charge in [0.2, 0.25) is 11.4 Å². The van der Waals surface area contributed by atoms with Crippen LogP contribution in [-0.2, 0) is 4.79 Å². The van der Waals surface area contributed by atoms with Gasteiger partial charge in [-0.15, -0.1) is 0 Å². The van der Waals surface area contributed by atoms with Crippen LogP contribution >= 0.6 is 0 Å². The van der Waals surface area contributed by atoms with E-state index >= 15 is 0 Å². The van der Waals surface area contributed by atoms with Crippen molar-refractivity contribution in [1.82, 2.24) is 0 Å². The number of nitrogens with zero attached hydrogens (tertiary/aromatic N) is 1. The Labute approximate surface area is 146 Å². The zero-order chi connectivity index (χ0) is 18.4. The molecule has 0 amide bonds. The highest BCUT2D eigenvalue weighted by molar-refractivity contribution is 6.35. The summed E-state index contributed by atoms with van der Waals surface area (Å²) in [5.41, 5.74) is 3.19. The van der Waals surface area contributed by atoms with Crippen molar-refractivity contribution in [2.24, 2.45) is 5.41 Å². The molecule has 0 saturated carbocycles. The minimum Gasteiger partial charge on any atom is -0.540 e. The van der Waals surface area contributed by atoms with E-state index in [1.807, 2.05) is 13.8 Å². The lowest BCUT2D eigenvalue weighted by atomic mass is 9.81. The Morgan fingerprint density at radius 2 is 1.50 bits per heavy atom. The molecule has 3 nitrogen and oxygen atoms in total. The Bertz CT molecular complexity index is 668. The molecule has 1 heterocycles. The standard InChI is InChI=1S/C21H31NO2/c1-13(2)15-10-9-11-16(14(3)4)17(15)22-18(19(23)24)20(5,6)12-21(22,7)8/h9-11,13-14H,12H2,1-8H3. The van der Waals surface area contributed by atoms with Gasteiger partial charge in [0.05, 0.1) is 5.41 Å². The quantitative estimate of drug-likeness (QED) is 0.784. The van der Waals surface area contributed by atoms with Crippen LogP contribution in [0.25, 0.3) is 0 Å². The number of carboxylic acids is 1. The minimum absolute atomic E-state index is 0.270. The number of para-hydroxylation sites is 1. The van der Waals surface area contributed by atoms with E-state index in [2.05, 4.69) is 64.3 Å². The summed E-state index contributed by atoms with van der Waals surface area (Å²) in [6.45, 7) is 16.9. The third kappa shape index (κ3) is 3.01. The van der Waals surface area contributed by atoms with Crippen molar-refractivity contribution in [3.63, 3.8) is 0 Å². The zero-order valence-corrected chi connectivity index (χ0v) is 16.4. The maximum atomic E-state index is 12.1. The molecule has 3 heteroatoms. The van der Waals surface area contributed by atoms with Crippen molar-refractivity contribution in [3.8, 4) is 0 Å². The Balaban J connectivity index is 2.96. The van der Waals surface area contributed by atoms with Gasteiger partial charge in [0.25, 0.3) is 0 Å². The van der Waals surface area contributed by atoms with Gasteiger partial charge in [-0.2, -0.15) is 4.58 Å². The number of rotatable bonds is 4. The van der Waals surface area contributed by atoms with Gasteiger partial charge in [0.1, 0.15) is 5.97 Å². The summed E-state index contributed by atoms with van der Waals surface area (Å²) in [4.78, 5) is 12.1. The summed E-state index contributed by atoms with van der Waals surface area (Å²) >= 11 is 0. The zero-order valence-electron chi connectivity index (χ0n) is 16.4. The van der Waals surface area contributed by atoms with Gasteiger partial charge in [0, 0.05) is 31.4 Å². The molecule has 2 rings (SSSR count). The first-order valence-electron chi connectivity index (χ1n) is 8.92. The van der Waals surface area contributed by atoms with Crippen LogP contribution in [0.1, 0.15) is 84.8 Å². The van der Waals surface area contributed by atoms with Crippen LogP contribution < -0.4 is 5.11 Å². The highest BCUT2D eigenvalue weighted by Gasteiger charge is 2.54. The van der Waals surface area contributed by atoms with Crippen molar-refractivity contribution >= 4 is 17.4 Å². The first-order chi connectivity index (χ1) is 10.9. The summed E-state index contributed by atoms with van der Waals surface area (Å²) in [5.74, 6) is -0.415. The van der Waals surface area contributed by atoms with Crippen molar-refractivity contribution in [2.75, 3.05) is 0 Å². The van der Waals surface area contributed by atoms with Crippen molar-refractivity contribution in [2.45, 2.75) is 79.2 Å². The predicted octanol–water partition coefficient (Wildman–Crippen LogP) is 3.98.